The second-order valence-electron chi connectivity index (χ2n) is 7.02. The predicted octanol–water partition coefficient (Wildman–Crippen LogP) is 3.92. The van der Waals surface area contributed by atoms with Crippen molar-refractivity contribution in [3.05, 3.63) is 71.0 Å². The van der Waals surface area contributed by atoms with Gasteiger partial charge in [0.2, 0.25) is 5.13 Å². The highest BCUT2D eigenvalue weighted by Gasteiger charge is 2.22. The van der Waals surface area contributed by atoms with Gasteiger partial charge in [0, 0.05) is 25.1 Å². The molecule has 0 radical (unpaired) electrons. The molecule has 1 N–H and O–H groups in total. The SMILES string of the molecule is COc1ccc(CCc2nn(-c3nc4ccccc4s3)c3c2CNCC3)cc1. The number of ether oxygens (including phenoxy) is 1. The summed E-state index contributed by atoms with van der Waals surface area (Å²) in [6, 6.07) is 16.6. The van der Waals surface area contributed by atoms with Crippen LogP contribution in [-0.2, 0) is 25.8 Å². The summed E-state index contributed by atoms with van der Waals surface area (Å²) in [4.78, 5) is 4.83. The van der Waals surface area contributed by atoms with Crippen molar-refractivity contribution in [2.75, 3.05) is 13.7 Å². The van der Waals surface area contributed by atoms with Gasteiger partial charge in [0.05, 0.1) is 28.7 Å². The molecule has 0 unspecified atom stereocenters. The summed E-state index contributed by atoms with van der Waals surface area (Å²) >= 11 is 1.71. The van der Waals surface area contributed by atoms with E-state index in [1.54, 1.807) is 18.4 Å². The highest BCUT2D eigenvalue weighted by molar-refractivity contribution is 7.20. The number of para-hydroxylation sites is 1. The van der Waals surface area contributed by atoms with Gasteiger partial charge < -0.3 is 10.1 Å². The number of aromatic nitrogens is 3. The summed E-state index contributed by atoms with van der Waals surface area (Å²) in [5, 5.41) is 9.47. The number of nitrogens with zero attached hydrogens (tertiary/aromatic N) is 3. The van der Waals surface area contributed by atoms with Gasteiger partial charge in [-0.25, -0.2) is 9.67 Å². The Hall–Kier alpha value is -2.70. The van der Waals surface area contributed by atoms with Crippen molar-refractivity contribution in [1.29, 1.82) is 0 Å². The minimum Gasteiger partial charge on any atom is -0.497 e. The quantitative estimate of drug-likeness (QED) is 0.561. The molecule has 6 heteroatoms. The van der Waals surface area contributed by atoms with Gasteiger partial charge in [-0.2, -0.15) is 5.10 Å². The molecule has 28 heavy (non-hydrogen) atoms. The highest BCUT2D eigenvalue weighted by atomic mass is 32.1. The van der Waals surface area contributed by atoms with E-state index in [9.17, 15) is 0 Å². The van der Waals surface area contributed by atoms with Crippen LogP contribution in [0, 0.1) is 0 Å². The average Bonchev–Trinajstić information content (AvgIpc) is 3.34. The minimum absolute atomic E-state index is 0.887. The van der Waals surface area contributed by atoms with Crippen LogP contribution < -0.4 is 10.1 Å². The maximum Gasteiger partial charge on any atom is 0.211 e. The first-order valence-corrected chi connectivity index (χ1v) is 10.4. The van der Waals surface area contributed by atoms with Crippen LogP contribution in [0.3, 0.4) is 0 Å². The summed E-state index contributed by atoms with van der Waals surface area (Å²) in [7, 11) is 1.70. The van der Waals surface area contributed by atoms with Crippen molar-refractivity contribution in [1.82, 2.24) is 20.1 Å². The standard InChI is InChI=1S/C22H22N4OS/c1-27-16-9-6-15(7-10-16)8-11-18-17-14-23-13-12-20(17)26(25-18)22-24-19-4-2-3-5-21(19)28-22/h2-7,9-10,23H,8,11-14H2,1H3. The molecule has 1 aliphatic heterocycles. The molecule has 3 heterocycles. The summed E-state index contributed by atoms with van der Waals surface area (Å²) < 4.78 is 8.55. The van der Waals surface area contributed by atoms with E-state index in [0.29, 0.717) is 0 Å². The number of hydrogen-bond acceptors (Lipinski definition) is 5. The third-order valence-electron chi connectivity index (χ3n) is 5.29. The van der Waals surface area contributed by atoms with Crippen LogP contribution in [0.5, 0.6) is 5.75 Å². The van der Waals surface area contributed by atoms with Gasteiger partial charge in [-0.15, -0.1) is 0 Å². The lowest BCUT2D eigenvalue weighted by atomic mass is 10.0. The van der Waals surface area contributed by atoms with Gasteiger partial charge in [-0.3, -0.25) is 0 Å². The van der Waals surface area contributed by atoms with Crippen molar-refractivity contribution in [2.45, 2.75) is 25.8 Å². The Bertz CT molecular complexity index is 1080. The summed E-state index contributed by atoms with van der Waals surface area (Å²) in [6.07, 6.45) is 2.88. The van der Waals surface area contributed by atoms with Crippen molar-refractivity contribution in [3.63, 3.8) is 0 Å². The van der Waals surface area contributed by atoms with E-state index >= 15 is 0 Å². The zero-order chi connectivity index (χ0) is 18.9. The van der Waals surface area contributed by atoms with Crippen LogP contribution in [0.4, 0.5) is 0 Å². The number of hydrogen-bond donors (Lipinski definition) is 1. The van der Waals surface area contributed by atoms with E-state index in [1.807, 2.05) is 18.2 Å². The van der Waals surface area contributed by atoms with E-state index in [4.69, 9.17) is 14.8 Å². The Morgan fingerprint density at radius 3 is 2.79 bits per heavy atom. The van der Waals surface area contributed by atoms with Gasteiger partial charge in [0.1, 0.15) is 5.75 Å². The molecule has 4 aromatic rings. The molecule has 0 spiro atoms. The summed E-state index contributed by atoms with van der Waals surface area (Å²) in [5.74, 6) is 0.894. The summed E-state index contributed by atoms with van der Waals surface area (Å²) in [6.45, 7) is 1.87. The van der Waals surface area contributed by atoms with E-state index in [1.165, 1.54) is 27.2 Å². The maximum atomic E-state index is 5.25. The maximum absolute atomic E-state index is 5.25. The number of rotatable bonds is 5. The Morgan fingerprint density at radius 1 is 1.11 bits per heavy atom. The number of methoxy groups -OCH3 is 1. The molecule has 0 fully saturated rings. The molecule has 2 aromatic carbocycles. The van der Waals surface area contributed by atoms with Gasteiger partial charge in [-0.1, -0.05) is 35.6 Å². The lowest BCUT2D eigenvalue weighted by molar-refractivity contribution is 0.414. The number of fused-ring (bicyclic) bond motifs is 2. The number of nitrogens with one attached hydrogen (secondary N) is 1. The van der Waals surface area contributed by atoms with Crippen LogP contribution in [0.2, 0.25) is 0 Å². The third kappa shape index (κ3) is 3.19. The molecular weight excluding hydrogens is 368 g/mol. The first-order chi connectivity index (χ1) is 13.8. The topological polar surface area (TPSA) is 52.0 Å². The fourth-order valence-corrected chi connectivity index (χ4v) is 4.72. The first-order valence-electron chi connectivity index (χ1n) is 9.61. The monoisotopic (exact) mass is 390 g/mol. The van der Waals surface area contributed by atoms with Crippen LogP contribution >= 0.6 is 11.3 Å². The molecule has 0 saturated heterocycles. The number of aryl methyl sites for hydroxylation is 2. The van der Waals surface area contributed by atoms with Gasteiger partial charge in [0.15, 0.2) is 0 Å². The molecule has 1 aliphatic rings. The van der Waals surface area contributed by atoms with Crippen LogP contribution in [-0.4, -0.2) is 28.4 Å². The Balaban J connectivity index is 1.46. The smallest absolute Gasteiger partial charge is 0.211 e. The molecule has 0 amide bonds. The van der Waals surface area contributed by atoms with Crippen molar-refractivity contribution >= 4 is 21.6 Å². The molecular formula is C22H22N4OS. The lowest BCUT2D eigenvalue weighted by Crippen LogP contribution is -2.25. The molecule has 0 aliphatic carbocycles. The normalized spacial score (nSPS) is 13.6. The first kappa shape index (κ1) is 17.4. The second kappa shape index (κ2) is 7.37. The van der Waals surface area contributed by atoms with Crippen LogP contribution in [0.15, 0.2) is 48.5 Å². The Labute approximate surface area is 168 Å². The van der Waals surface area contributed by atoms with E-state index in [0.717, 1.165) is 48.7 Å². The molecule has 0 bridgehead atoms. The number of thiazole rings is 1. The molecule has 2 aromatic heterocycles. The molecule has 0 saturated carbocycles. The van der Waals surface area contributed by atoms with Gasteiger partial charge in [-0.05, 0) is 42.7 Å². The largest absolute Gasteiger partial charge is 0.497 e. The summed E-state index contributed by atoms with van der Waals surface area (Å²) in [5.41, 5.74) is 6.17. The molecule has 5 rings (SSSR count). The zero-order valence-corrected chi connectivity index (χ0v) is 16.6. The average molecular weight is 391 g/mol. The molecule has 142 valence electrons. The fraction of sp³-hybridized carbons (Fsp3) is 0.273. The van der Waals surface area contributed by atoms with Crippen LogP contribution in [0.1, 0.15) is 22.5 Å². The highest BCUT2D eigenvalue weighted by Crippen LogP contribution is 2.29. The van der Waals surface area contributed by atoms with Gasteiger partial charge >= 0.3 is 0 Å². The lowest BCUT2D eigenvalue weighted by Gasteiger charge is -2.14. The van der Waals surface area contributed by atoms with Gasteiger partial charge in [0.25, 0.3) is 0 Å². The predicted molar refractivity (Wildman–Crippen MR) is 113 cm³/mol. The van der Waals surface area contributed by atoms with Crippen molar-refractivity contribution < 1.29 is 4.74 Å². The van der Waals surface area contributed by atoms with E-state index < -0.39 is 0 Å². The third-order valence-corrected chi connectivity index (χ3v) is 6.30. The zero-order valence-electron chi connectivity index (χ0n) is 15.8. The minimum atomic E-state index is 0.887. The van der Waals surface area contributed by atoms with Crippen molar-refractivity contribution in [3.8, 4) is 10.9 Å². The number of benzene rings is 2. The van der Waals surface area contributed by atoms with Crippen molar-refractivity contribution in [2.24, 2.45) is 0 Å². The van der Waals surface area contributed by atoms with E-state index in [2.05, 4.69) is 40.3 Å². The molecule has 5 nitrogen and oxygen atoms in total. The molecule has 0 atom stereocenters. The fourth-order valence-electron chi connectivity index (χ4n) is 3.78. The second-order valence-corrected chi connectivity index (χ2v) is 8.03. The van der Waals surface area contributed by atoms with Crippen LogP contribution in [0.25, 0.3) is 15.3 Å². The Kier molecular flexibility index (Phi) is 4.58. The van der Waals surface area contributed by atoms with E-state index in [-0.39, 0.29) is 0 Å². The Morgan fingerprint density at radius 2 is 1.96 bits per heavy atom.